The zero-order valence-corrected chi connectivity index (χ0v) is 12.6. The molecule has 6 nitrogen and oxygen atoms in total. The molecular formula is C16H21N3O3. The number of allylic oxidation sites excluding steroid dienone is 1. The minimum Gasteiger partial charge on any atom is -0.508 e. The molecule has 0 unspecified atom stereocenters. The van der Waals surface area contributed by atoms with E-state index in [1.165, 1.54) is 24.6 Å². The number of hydrazine groups is 1. The number of phenols is 1. The molecule has 1 aromatic rings. The number of aromatic hydroxyl groups is 1. The zero-order valence-electron chi connectivity index (χ0n) is 12.6. The fourth-order valence-electron chi connectivity index (χ4n) is 2.30. The second-order valence-electron chi connectivity index (χ2n) is 5.34. The number of nitrogens with one attached hydrogen (secondary N) is 2. The average molecular weight is 303 g/mol. The second kappa shape index (κ2) is 7.49. The van der Waals surface area contributed by atoms with E-state index in [4.69, 9.17) is 0 Å². The third-order valence-electron chi connectivity index (χ3n) is 3.49. The van der Waals surface area contributed by atoms with Gasteiger partial charge in [-0.1, -0.05) is 6.07 Å². The van der Waals surface area contributed by atoms with E-state index in [0.717, 1.165) is 25.9 Å². The highest BCUT2D eigenvalue weighted by Gasteiger charge is 2.14. The first-order chi connectivity index (χ1) is 10.6. The third kappa shape index (κ3) is 4.51. The van der Waals surface area contributed by atoms with Crippen molar-refractivity contribution in [3.05, 3.63) is 41.6 Å². The lowest BCUT2D eigenvalue weighted by molar-refractivity contribution is -0.126. The van der Waals surface area contributed by atoms with Gasteiger partial charge in [0, 0.05) is 30.4 Å². The van der Waals surface area contributed by atoms with E-state index >= 15 is 0 Å². The van der Waals surface area contributed by atoms with Crippen molar-refractivity contribution < 1.29 is 14.7 Å². The summed E-state index contributed by atoms with van der Waals surface area (Å²) >= 11 is 0. The van der Waals surface area contributed by atoms with E-state index < -0.39 is 0 Å². The number of phenolic OH excluding ortho intramolecular Hbond substituents is 1. The molecule has 0 atom stereocenters. The Kier molecular flexibility index (Phi) is 5.41. The lowest BCUT2D eigenvalue weighted by atomic mass is 10.1. The number of nitrogens with zero attached hydrogens (tertiary/aromatic N) is 1. The molecule has 118 valence electrons. The largest absolute Gasteiger partial charge is 0.508 e. The van der Waals surface area contributed by atoms with Crippen molar-refractivity contribution in [2.24, 2.45) is 0 Å². The van der Waals surface area contributed by atoms with Crippen molar-refractivity contribution in [3.63, 3.8) is 0 Å². The number of benzene rings is 1. The summed E-state index contributed by atoms with van der Waals surface area (Å²) in [5.41, 5.74) is 6.09. The van der Waals surface area contributed by atoms with E-state index in [-0.39, 0.29) is 17.6 Å². The number of piperidine rings is 1. The lowest BCUT2D eigenvalue weighted by Gasteiger charge is -2.25. The Bertz CT molecular complexity index is 578. The lowest BCUT2D eigenvalue weighted by Crippen LogP contribution is -2.38. The number of hydrogen-bond donors (Lipinski definition) is 3. The van der Waals surface area contributed by atoms with Gasteiger partial charge in [0.05, 0.1) is 0 Å². The molecule has 0 aliphatic carbocycles. The van der Waals surface area contributed by atoms with Gasteiger partial charge < -0.3 is 15.4 Å². The van der Waals surface area contributed by atoms with Crippen LogP contribution in [0, 0.1) is 0 Å². The van der Waals surface area contributed by atoms with Gasteiger partial charge in [-0.15, -0.1) is 0 Å². The van der Waals surface area contributed by atoms with Crippen molar-refractivity contribution in [3.8, 4) is 5.75 Å². The summed E-state index contributed by atoms with van der Waals surface area (Å²) in [6.07, 6.45) is 4.74. The van der Waals surface area contributed by atoms with Gasteiger partial charge >= 0.3 is 0 Å². The normalized spacial score (nSPS) is 15.3. The van der Waals surface area contributed by atoms with Crippen molar-refractivity contribution in [1.29, 1.82) is 0 Å². The molecule has 0 aromatic heterocycles. The first-order valence-corrected chi connectivity index (χ1v) is 7.39. The standard InChI is InChI=1S/C16H21N3O3/c1-12(10-15(21)19-8-3-2-4-9-19)17-18-16(22)13-6-5-7-14(20)11-13/h5-7,10-11,17,20H,2-4,8-9H2,1H3,(H,18,22)/b12-10-. The van der Waals surface area contributed by atoms with Crippen LogP contribution in [0.2, 0.25) is 0 Å². The third-order valence-corrected chi connectivity index (χ3v) is 3.49. The summed E-state index contributed by atoms with van der Waals surface area (Å²) in [7, 11) is 0. The van der Waals surface area contributed by atoms with Gasteiger partial charge in [-0.05, 0) is 44.4 Å². The summed E-state index contributed by atoms with van der Waals surface area (Å²) in [4.78, 5) is 25.7. The maximum absolute atomic E-state index is 12.0. The smallest absolute Gasteiger partial charge is 0.269 e. The molecule has 1 aliphatic heterocycles. The molecule has 2 rings (SSSR count). The predicted octanol–water partition coefficient (Wildman–Crippen LogP) is 1.54. The van der Waals surface area contributed by atoms with Crippen LogP contribution in [-0.4, -0.2) is 34.9 Å². The van der Waals surface area contributed by atoms with Crippen LogP contribution >= 0.6 is 0 Å². The molecular weight excluding hydrogens is 282 g/mol. The number of rotatable bonds is 4. The Morgan fingerprint density at radius 2 is 1.91 bits per heavy atom. The number of amides is 2. The Balaban J connectivity index is 1.86. The van der Waals surface area contributed by atoms with Crippen LogP contribution in [0.3, 0.4) is 0 Å². The number of hydrogen-bond acceptors (Lipinski definition) is 4. The Hall–Kier alpha value is -2.50. The fourth-order valence-corrected chi connectivity index (χ4v) is 2.30. The number of carbonyl (C=O) groups excluding carboxylic acids is 2. The summed E-state index contributed by atoms with van der Waals surface area (Å²) in [5, 5.41) is 9.34. The molecule has 1 aliphatic rings. The van der Waals surface area contributed by atoms with Crippen molar-refractivity contribution >= 4 is 11.8 Å². The van der Waals surface area contributed by atoms with E-state index in [0.29, 0.717) is 11.3 Å². The Morgan fingerprint density at radius 1 is 1.18 bits per heavy atom. The SMILES string of the molecule is C/C(=C/C(=O)N1CCCCC1)NNC(=O)c1cccc(O)c1. The van der Waals surface area contributed by atoms with E-state index in [9.17, 15) is 14.7 Å². The van der Waals surface area contributed by atoms with Crippen molar-refractivity contribution in [2.75, 3.05) is 13.1 Å². The van der Waals surface area contributed by atoms with E-state index in [2.05, 4.69) is 10.9 Å². The van der Waals surface area contributed by atoms with Gasteiger partial charge in [-0.2, -0.15) is 0 Å². The molecule has 0 bridgehead atoms. The predicted molar refractivity (Wildman–Crippen MR) is 82.9 cm³/mol. The summed E-state index contributed by atoms with van der Waals surface area (Å²) in [5.74, 6) is -0.398. The highest BCUT2D eigenvalue weighted by Crippen LogP contribution is 2.11. The van der Waals surface area contributed by atoms with Gasteiger partial charge in [0.15, 0.2) is 0 Å². The fraction of sp³-hybridized carbons (Fsp3) is 0.375. The zero-order chi connectivity index (χ0) is 15.9. The van der Waals surface area contributed by atoms with Crippen LogP contribution in [0.1, 0.15) is 36.5 Å². The van der Waals surface area contributed by atoms with Gasteiger partial charge in [0.25, 0.3) is 5.91 Å². The monoisotopic (exact) mass is 303 g/mol. The van der Waals surface area contributed by atoms with Gasteiger partial charge in [-0.25, -0.2) is 0 Å². The molecule has 1 saturated heterocycles. The molecule has 0 spiro atoms. The number of carbonyl (C=O) groups is 2. The second-order valence-corrected chi connectivity index (χ2v) is 5.34. The molecule has 1 fully saturated rings. The van der Waals surface area contributed by atoms with Crippen LogP contribution in [0.5, 0.6) is 5.75 Å². The van der Waals surface area contributed by atoms with Crippen LogP contribution in [0.25, 0.3) is 0 Å². The van der Waals surface area contributed by atoms with Gasteiger partial charge in [0.2, 0.25) is 5.91 Å². The van der Waals surface area contributed by atoms with Gasteiger partial charge in [-0.3, -0.25) is 15.0 Å². The first kappa shape index (κ1) is 15.9. The number of likely N-dealkylation sites (tertiary alicyclic amines) is 1. The molecule has 2 amide bonds. The van der Waals surface area contributed by atoms with Crippen LogP contribution in [-0.2, 0) is 4.79 Å². The first-order valence-electron chi connectivity index (χ1n) is 7.39. The summed E-state index contributed by atoms with van der Waals surface area (Å²) in [6, 6.07) is 6.04. The highest BCUT2D eigenvalue weighted by atomic mass is 16.3. The van der Waals surface area contributed by atoms with Crippen LogP contribution in [0.4, 0.5) is 0 Å². The van der Waals surface area contributed by atoms with Gasteiger partial charge in [0.1, 0.15) is 5.75 Å². The average Bonchev–Trinajstić information content (AvgIpc) is 2.53. The van der Waals surface area contributed by atoms with E-state index in [1.54, 1.807) is 19.1 Å². The molecule has 1 heterocycles. The van der Waals surface area contributed by atoms with Crippen LogP contribution < -0.4 is 10.9 Å². The van der Waals surface area contributed by atoms with Crippen molar-refractivity contribution in [2.45, 2.75) is 26.2 Å². The van der Waals surface area contributed by atoms with E-state index in [1.807, 2.05) is 4.90 Å². The molecule has 22 heavy (non-hydrogen) atoms. The molecule has 0 saturated carbocycles. The molecule has 3 N–H and O–H groups in total. The molecule has 0 radical (unpaired) electrons. The Labute approximate surface area is 129 Å². The molecule has 1 aromatic carbocycles. The quantitative estimate of drug-likeness (QED) is 0.582. The Morgan fingerprint density at radius 3 is 2.59 bits per heavy atom. The maximum atomic E-state index is 12.0. The maximum Gasteiger partial charge on any atom is 0.269 e. The summed E-state index contributed by atoms with van der Waals surface area (Å²) in [6.45, 7) is 3.29. The summed E-state index contributed by atoms with van der Waals surface area (Å²) < 4.78 is 0. The minimum absolute atomic E-state index is 0.0280. The van der Waals surface area contributed by atoms with Crippen molar-refractivity contribution in [1.82, 2.24) is 15.8 Å². The topological polar surface area (TPSA) is 81.7 Å². The van der Waals surface area contributed by atoms with Crippen LogP contribution in [0.15, 0.2) is 36.0 Å². The highest BCUT2D eigenvalue weighted by molar-refractivity contribution is 5.94. The molecule has 6 heteroatoms. The minimum atomic E-state index is -0.380.